The fourth-order valence-corrected chi connectivity index (χ4v) is 9.97. The summed E-state index contributed by atoms with van der Waals surface area (Å²) in [5.41, 5.74) is 3.43. The molecule has 31 heavy (non-hydrogen) atoms. The summed E-state index contributed by atoms with van der Waals surface area (Å²) >= 11 is 0. The number of aliphatic hydroxyl groups excluding tert-OH is 3. The third kappa shape index (κ3) is 3.00. The fraction of sp³-hybridized carbons (Fsp3) is 0.926. The lowest BCUT2D eigenvalue weighted by molar-refractivity contribution is -0.115. The number of piperidine rings is 2. The topological polar surface area (TPSA) is 63.9 Å². The number of nitrogens with zero attached hydrogens (tertiary/aromatic N) is 1. The summed E-state index contributed by atoms with van der Waals surface area (Å²) in [4.78, 5) is 2.67. The maximum atomic E-state index is 11.1. The zero-order chi connectivity index (χ0) is 21.7. The van der Waals surface area contributed by atoms with Gasteiger partial charge in [0.2, 0.25) is 0 Å². The van der Waals surface area contributed by atoms with Crippen LogP contribution in [-0.2, 0) is 0 Å². The first kappa shape index (κ1) is 21.1. The smallest absolute Gasteiger partial charge is 0.0701 e. The lowest BCUT2D eigenvalue weighted by atomic mass is 9.56. The summed E-state index contributed by atoms with van der Waals surface area (Å²) in [7, 11) is 0. The Morgan fingerprint density at radius 1 is 0.871 bits per heavy atom. The molecule has 2 saturated heterocycles. The van der Waals surface area contributed by atoms with Crippen molar-refractivity contribution in [1.29, 1.82) is 0 Å². The molecule has 0 aromatic rings. The Labute approximate surface area is 188 Å². The summed E-state index contributed by atoms with van der Waals surface area (Å²) in [6, 6.07) is 0.363. The van der Waals surface area contributed by atoms with E-state index in [-0.39, 0.29) is 29.6 Å². The Hall–Kier alpha value is -0.420. The van der Waals surface area contributed by atoms with E-state index in [0.717, 1.165) is 56.4 Å². The van der Waals surface area contributed by atoms with E-state index in [2.05, 4.69) is 25.7 Å². The second-order valence-electron chi connectivity index (χ2n) is 12.8. The molecule has 6 rings (SSSR count). The van der Waals surface area contributed by atoms with Crippen LogP contribution in [0.1, 0.15) is 72.1 Å². The summed E-state index contributed by atoms with van der Waals surface area (Å²) in [6.07, 6.45) is 7.68. The van der Waals surface area contributed by atoms with E-state index in [1.807, 2.05) is 0 Å². The molecule has 12 unspecified atom stereocenters. The van der Waals surface area contributed by atoms with Gasteiger partial charge in [-0.2, -0.15) is 0 Å². The number of fused-ring (bicyclic) bond motifs is 7. The lowest BCUT2D eigenvalue weighted by Gasteiger charge is -2.57. The maximum absolute atomic E-state index is 11.1. The molecule has 0 bridgehead atoms. The molecule has 2 saturated carbocycles. The molecule has 4 aliphatic carbocycles. The summed E-state index contributed by atoms with van der Waals surface area (Å²) < 4.78 is 0. The number of hydrogen-bond donors (Lipinski definition) is 3. The molecule has 0 amide bonds. The molecule has 6 aliphatic rings. The van der Waals surface area contributed by atoms with Gasteiger partial charge in [0.05, 0.1) is 18.3 Å². The molecular weight excluding hydrogens is 386 g/mol. The van der Waals surface area contributed by atoms with Crippen LogP contribution in [-0.4, -0.2) is 57.7 Å². The van der Waals surface area contributed by atoms with Crippen LogP contribution in [0.3, 0.4) is 0 Å². The first-order valence-corrected chi connectivity index (χ1v) is 13.3. The largest absolute Gasteiger partial charge is 0.393 e. The van der Waals surface area contributed by atoms with Crippen LogP contribution >= 0.6 is 0 Å². The summed E-state index contributed by atoms with van der Waals surface area (Å²) in [6.45, 7) is 9.47. The minimum atomic E-state index is -0.275. The molecule has 2 heterocycles. The highest BCUT2D eigenvalue weighted by molar-refractivity contribution is 5.37. The highest BCUT2D eigenvalue weighted by atomic mass is 16.3. The van der Waals surface area contributed by atoms with Crippen LogP contribution in [0.5, 0.6) is 0 Å². The molecular formula is C27H43NO3. The Kier molecular flexibility index (Phi) is 4.97. The predicted molar refractivity (Wildman–Crippen MR) is 121 cm³/mol. The zero-order valence-corrected chi connectivity index (χ0v) is 19.7. The third-order valence-corrected chi connectivity index (χ3v) is 11.3. The quantitative estimate of drug-likeness (QED) is 0.515. The molecule has 0 radical (unpaired) electrons. The Bertz CT molecular complexity index is 764. The average molecular weight is 430 g/mol. The zero-order valence-electron chi connectivity index (χ0n) is 19.7. The van der Waals surface area contributed by atoms with E-state index in [0.29, 0.717) is 23.8 Å². The van der Waals surface area contributed by atoms with E-state index in [4.69, 9.17) is 0 Å². The van der Waals surface area contributed by atoms with Crippen molar-refractivity contribution in [2.75, 3.05) is 13.1 Å². The van der Waals surface area contributed by atoms with Gasteiger partial charge in [0.1, 0.15) is 0 Å². The van der Waals surface area contributed by atoms with Crippen LogP contribution in [0, 0.1) is 46.8 Å². The van der Waals surface area contributed by atoms with Gasteiger partial charge in [-0.15, -0.1) is 0 Å². The minimum Gasteiger partial charge on any atom is -0.393 e. The number of rotatable bonds is 0. The van der Waals surface area contributed by atoms with Crippen molar-refractivity contribution in [1.82, 2.24) is 4.90 Å². The van der Waals surface area contributed by atoms with Crippen LogP contribution in [0.4, 0.5) is 0 Å². The van der Waals surface area contributed by atoms with Crippen LogP contribution in [0.25, 0.3) is 0 Å². The van der Waals surface area contributed by atoms with Crippen molar-refractivity contribution in [3.63, 3.8) is 0 Å². The van der Waals surface area contributed by atoms with Gasteiger partial charge in [-0.3, -0.25) is 4.90 Å². The summed E-state index contributed by atoms with van der Waals surface area (Å²) in [5, 5.41) is 32.3. The van der Waals surface area contributed by atoms with Crippen molar-refractivity contribution in [2.24, 2.45) is 46.8 Å². The van der Waals surface area contributed by atoms with Gasteiger partial charge in [0.15, 0.2) is 0 Å². The van der Waals surface area contributed by atoms with Crippen LogP contribution in [0.2, 0.25) is 0 Å². The van der Waals surface area contributed by atoms with Crippen molar-refractivity contribution in [3.05, 3.63) is 11.1 Å². The van der Waals surface area contributed by atoms with E-state index in [1.54, 1.807) is 11.1 Å². The fourth-order valence-electron chi connectivity index (χ4n) is 9.97. The van der Waals surface area contributed by atoms with Crippen LogP contribution in [0.15, 0.2) is 11.1 Å². The van der Waals surface area contributed by atoms with Crippen molar-refractivity contribution in [3.8, 4) is 0 Å². The van der Waals surface area contributed by atoms with Crippen molar-refractivity contribution >= 4 is 0 Å². The van der Waals surface area contributed by atoms with E-state index in [1.165, 1.54) is 25.8 Å². The third-order valence-electron chi connectivity index (χ3n) is 11.3. The first-order valence-electron chi connectivity index (χ1n) is 13.3. The van der Waals surface area contributed by atoms with Gasteiger partial charge in [-0.1, -0.05) is 31.9 Å². The lowest BCUT2D eigenvalue weighted by Crippen LogP contribution is -2.63. The second kappa shape index (κ2) is 7.29. The van der Waals surface area contributed by atoms with Crippen molar-refractivity contribution in [2.45, 2.75) is 96.5 Å². The number of hydrogen-bond acceptors (Lipinski definition) is 4. The Morgan fingerprint density at radius 3 is 2.48 bits per heavy atom. The standard InChI is InChI=1S/C27H43NO3/c1-14-8-25(31)26-15(2)17-4-5-18-19(21(17)13-28(26)12-14)10-22-20(18)11-24(30)23-9-16(29)6-7-27(22,23)3/h14-19,21,23-26,29-31H,4-13H2,1-3H3. The first-order chi connectivity index (χ1) is 14.8. The molecule has 4 fully saturated rings. The molecule has 4 nitrogen and oxygen atoms in total. The maximum Gasteiger partial charge on any atom is 0.0701 e. The van der Waals surface area contributed by atoms with Gasteiger partial charge in [-0.25, -0.2) is 0 Å². The summed E-state index contributed by atoms with van der Waals surface area (Å²) in [5.74, 6) is 4.29. The molecule has 12 atom stereocenters. The van der Waals surface area contributed by atoms with E-state index >= 15 is 0 Å². The molecule has 0 aromatic carbocycles. The highest BCUT2D eigenvalue weighted by Crippen LogP contribution is 2.64. The second-order valence-corrected chi connectivity index (χ2v) is 12.8. The SMILES string of the molecule is CC1CC(O)C2C(C)C3CCC4C5=C(CC4C3CN2C1)C1(C)CCC(O)CC1C(O)C5. The van der Waals surface area contributed by atoms with Gasteiger partial charge in [-0.05, 0) is 98.2 Å². The minimum absolute atomic E-state index is 0.0950. The van der Waals surface area contributed by atoms with Gasteiger partial charge in [0, 0.05) is 19.1 Å². The molecule has 4 heteroatoms. The van der Waals surface area contributed by atoms with E-state index < -0.39 is 0 Å². The normalized spacial score (nSPS) is 56.9. The van der Waals surface area contributed by atoms with Crippen molar-refractivity contribution < 1.29 is 15.3 Å². The highest BCUT2D eigenvalue weighted by Gasteiger charge is 2.58. The monoisotopic (exact) mass is 429 g/mol. The van der Waals surface area contributed by atoms with Gasteiger partial charge in [0.25, 0.3) is 0 Å². The molecule has 0 aromatic heterocycles. The molecule has 2 aliphatic heterocycles. The van der Waals surface area contributed by atoms with Crippen LogP contribution < -0.4 is 0 Å². The Balaban J connectivity index is 1.30. The Morgan fingerprint density at radius 2 is 1.68 bits per heavy atom. The number of aliphatic hydroxyl groups is 3. The number of allylic oxidation sites excluding steroid dienone is 1. The molecule has 174 valence electrons. The van der Waals surface area contributed by atoms with Gasteiger partial charge >= 0.3 is 0 Å². The molecule has 0 spiro atoms. The average Bonchev–Trinajstić information content (AvgIpc) is 3.09. The predicted octanol–water partition coefficient (Wildman–Crippen LogP) is 3.60. The van der Waals surface area contributed by atoms with E-state index in [9.17, 15) is 15.3 Å². The van der Waals surface area contributed by atoms with Gasteiger partial charge < -0.3 is 15.3 Å². The molecule has 3 N–H and O–H groups in total.